The second-order valence-corrected chi connectivity index (χ2v) is 10.5. The standard InChI is InChI=1S/C26H29ClO9S/c1-13-6-7-18(10-19(13)11-20-8-9-22(27)37-20)23-25(34-16(4)30)26(35-17(5)31)24(33-15(3)29)21(36-23)12-32-14(2)28/h6-10,21,23-26H,11-12H2,1-5H3/t21?,23?,24-,25+,26?/m1/s1. The van der Waals surface area contributed by atoms with Gasteiger partial charge >= 0.3 is 23.9 Å². The molecule has 0 spiro atoms. The van der Waals surface area contributed by atoms with Gasteiger partial charge in [0.2, 0.25) is 0 Å². The molecule has 0 saturated carbocycles. The van der Waals surface area contributed by atoms with Gasteiger partial charge in [0.05, 0.1) is 4.34 Å². The van der Waals surface area contributed by atoms with Crippen molar-refractivity contribution in [2.75, 3.05) is 6.61 Å². The summed E-state index contributed by atoms with van der Waals surface area (Å²) < 4.78 is 28.7. The highest BCUT2D eigenvalue weighted by atomic mass is 35.5. The van der Waals surface area contributed by atoms with E-state index in [-0.39, 0.29) is 6.61 Å². The van der Waals surface area contributed by atoms with Crippen LogP contribution in [0.4, 0.5) is 0 Å². The molecule has 1 aromatic carbocycles. The minimum Gasteiger partial charge on any atom is -0.463 e. The summed E-state index contributed by atoms with van der Waals surface area (Å²) in [5, 5.41) is 0. The molecule has 0 N–H and O–H groups in total. The number of thiophene rings is 1. The van der Waals surface area contributed by atoms with Gasteiger partial charge in [-0.25, -0.2) is 0 Å². The Morgan fingerprint density at radius 1 is 0.865 bits per heavy atom. The van der Waals surface area contributed by atoms with Crippen molar-refractivity contribution in [2.24, 2.45) is 0 Å². The molecule has 5 atom stereocenters. The Kier molecular flexibility index (Phi) is 9.69. The first-order valence-corrected chi connectivity index (χ1v) is 12.8. The fourth-order valence-electron chi connectivity index (χ4n) is 4.19. The van der Waals surface area contributed by atoms with Gasteiger partial charge in [-0.05, 0) is 35.7 Å². The maximum atomic E-state index is 12.1. The van der Waals surface area contributed by atoms with Crippen LogP contribution in [0.1, 0.15) is 55.4 Å². The molecule has 0 bridgehead atoms. The van der Waals surface area contributed by atoms with Crippen LogP contribution in [0.25, 0.3) is 0 Å². The molecule has 0 amide bonds. The Balaban J connectivity index is 2.06. The number of carbonyl (C=O) groups is 4. The van der Waals surface area contributed by atoms with Crippen LogP contribution < -0.4 is 0 Å². The van der Waals surface area contributed by atoms with Crippen LogP contribution in [-0.4, -0.2) is 54.9 Å². The monoisotopic (exact) mass is 552 g/mol. The molecule has 200 valence electrons. The van der Waals surface area contributed by atoms with E-state index < -0.39 is 54.4 Å². The molecule has 0 radical (unpaired) electrons. The minimum atomic E-state index is -1.22. The van der Waals surface area contributed by atoms with E-state index in [1.165, 1.54) is 39.0 Å². The van der Waals surface area contributed by atoms with Gasteiger partial charge < -0.3 is 23.7 Å². The van der Waals surface area contributed by atoms with Gasteiger partial charge in [0.15, 0.2) is 18.3 Å². The zero-order valence-electron chi connectivity index (χ0n) is 21.1. The Morgan fingerprint density at radius 3 is 2.05 bits per heavy atom. The Morgan fingerprint density at radius 2 is 1.49 bits per heavy atom. The molecular formula is C26H29ClO9S. The molecule has 3 rings (SSSR count). The lowest BCUT2D eigenvalue weighted by Gasteiger charge is -2.44. The summed E-state index contributed by atoms with van der Waals surface area (Å²) in [4.78, 5) is 48.7. The fourth-order valence-corrected chi connectivity index (χ4v) is 5.30. The summed E-state index contributed by atoms with van der Waals surface area (Å²) >= 11 is 7.57. The summed E-state index contributed by atoms with van der Waals surface area (Å²) in [6, 6.07) is 9.44. The highest BCUT2D eigenvalue weighted by Gasteiger charge is 2.52. The van der Waals surface area contributed by atoms with E-state index in [4.69, 9.17) is 35.3 Å². The third-order valence-electron chi connectivity index (χ3n) is 5.69. The van der Waals surface area contributed by atoms with Gasteiger partial charge in [-0.1, -0.05) is 29.8 Å². The number of hydrogen-bond donors (Lipinski definition) is 0. The van der Waals surface area contributed by atoms with Crippen molar-refractivity contribution in [3.05, 3.63) is 56.2 Å². The fraction of sp³-hybridized carbons (Fsp3) is 0.462. The normalized spacial score (nSPS) is 23.1. The van der Waals surface area contributed by atoms with Crippen molar-refractivity contribution in [1.29, 1.82) is 0 Å². The van der Waals surface area contributed by atoms with E-state index in [1.807, 2.05) is 37.3 Å². The number of hydrogen-bond acceptors (Lipinski definition) is 10. The Labute approximate surface area is 223 Å². The largest absolute Gasteiger partial charge is 0.463 e. The predicted octanol–water partition coefficient (Wildman–Crippen LogP) is 4.10. The molecular weight excluding hydrogens is 524 g/mol. The van der Waals surface area contributed by atoms with Crippen molar-refractivity contribution in [3.63, 3.8) is 0 Å². The van der Waals surface area contributed by atoms with Gasteiger partial charge in [-0.2, -0.15) is 0 Å². The Hall–Kier alpha value is -2.95. The zero-order valence-corrected chi connectivity index (χ0v) is 22.7. The third-order valence-corrected chi connectivity index (χ3v) is 6.92. The SMILES string of the molecule is CC(=O)OCC1OC(c2ccc(C)c(Cc3ccc(Cl)s3)c2)[C@H](OC(C)=O)C(OC(C)=O)[C@@H]1OC(C)=O. The van der Waals surface area contributed by atoms with E-state index in [0.717, 1.165) is 16.0 Å². The van der Waals surface area contributed by atoms with Crippen LogP contribution in [-0.2, 0) is 49.3 Å². The van der Waals surface area contributed by atoms with Crippen molar-refractivity contribution < 1.29 is 42.9 Å². The van der Waals surface area contributed by atoms with Crippen LogP contribution in [0.15, 0.2) is 30.3 Å². The van der Waals surface area contributed by atoms with E-state index in [2.05, 4.69) is 0 Å². The van der Waals surface area contributed by atoms with Crippen LogP contribution in [0.5, 0.6) is 0 Å². The smallest absolute Gasteiger partial charge is 0.303 e. The van der Waals surface area contributed by atoms with Crippen LogP contribution in [0.2, 0.25) is 4.34 Å². The van der Waals surface area contributed by atoms with Gasteiger partial charge in [0.1, 0.15) is 18.8 Å². The quantitative estimate of drug-likeness (QED) is 0.352. The van der Waals surface area contributed by atoms with Crippen molar-refractivity contribution in [3.8, 4) is 0 Å². The summed E-state index contributed by atoms with van der Waals surface area (Å²) in [7, 11) is 0. The summed E-state index contributed by atoms with van der Waals surface area (Å²) in [5.74, 6) is -2.56. The number of carbonyl (C=O) groups excluding carboxylic acids is 4. The second-order valence-electron chi connectivity index (χ2n) is 8.69. The predicted molar refractivity (Wildman–Crippen MR) is 134 cm³/mol. The molecule has 1 saturated heterocycles. The molecule has 37 heavy (non-hydrogen) atoms. The van der Waals surface area contributed by atoms with E-state index in [1.54, 1.807) is 0 Å². The molecule has 2 heterocycles. The van der Waals surface area contributed by atoms with Gasteiger partial charge in [0, 0.05) is 39.0 Å². The average molecular weight is 553 g/mol. The lowest BCUT2D eigenvalue weighted by Crippen LogP contribution is -2.59. The lowest BCUT2D eigenvalue weighted by atomic mass is 9.88. The first-order valence-electron chi connectivity index (χ1n) is 11.6. The molecule has 0 aliphatic carbocycles. The molecule has 9 nitrogen and oxygen atoms in total. The number of esters is 4. The van der Waals surface area contributed by atoms with Gasteiger partial charge in [-0.15, -0.1) is 11.3 Å². The zero-order chi connectivity index (χ0) is 27.3. The first-order chi connectivity index (χ1) is 17.4. The van der Waals surface area contributed by atoms with Crippen molar-refractivity contribution >= 4 is 46.8 Å². The lowest BCUT2D eigenvalue weighted by molar-refractivity contribution is -0.254. The number of benzene rings is 1. The van der Waals surface area contributed by atoms with E-state index in [9.17, 15) is 19.2 Å². The minimum absolute atomic E-state index is 0.277. The van der Waals surface area contributed by atoms with Crippen LogP contribution in [0, 0.1) is 6.92 Å². The highest BCUT2D eigenvalue weighted by Crippen LogP contribution is 2.38. The number of aryl methyl sites for hydroxylation is 1. The number of rotatable bonds is 8. The molecule has 1 fully saturated rings. The van der Waals surface area contributed by atoms with E-state index >= 15 is 0 Å². The molecule has 2 aromatic rings. The summed E-state index contributed by atoms with van der Waals surface area (Å²) in [5.41, 5.74) is 2.66. The number of halogens is 1. The summed E-state index contributed by atoms with van der Waals surface area (Å²) in [6.45, 7) is 6.52. The molecule has 1 aliphatic heterocycles. The molecule has 1 aromatic heterocycles. The molecule has 11 heteroatoms. The molecule has 1 aliphatic rings. The topological polar surface area (TPSA) is 114 Å². The number of ether oxygens (including phenoxy) is 5. The maximum absolute atomic E-state index is 12.1. The van der Waals surface area contributed by atoms with Crippen LogP contribution in [0.3, 0.4) is 0 Å². The van der Waals surface area contributed by atoms with Crippen molar-refractivity contribution in [1.82, 2.24) is 0 Å². The van der Waals surface area contributed by atoms with Crippen molar-refractivity contribution in [2.45, 2.75) is 71.6 Å². The first kappa shape index (κ1) is 28.6. The van der Waals surface area contributed by atoms with E-state index in [0.29, 0.717) is 16.3 Å². The molecule has 3 unspecified atom stereocenters. The highest BCUT2D eigenvalue weighted by molar-refractivity contribution is 7.16. The van der Waals surface area contributed by atoms with Gasteiger partial charge in [0.25, 0.3) is 0 Å². The second kappa shape index (κ2) is 12.5. The average Bonchev–Trinajstić information content (AvgIpc) is 3.20. The Bertz CT molecular complexity index is 1160. The van der Waals surface area contributed by atoms with Crippen LogP contribution >= 0.6 is 22.9 Å². The van der Waals surface area contributed by atoms with Gasteiger partial charge in [-0.3, -0.25) is 19.2 Å². The third kappa shape index (κ3) is 7.77. The summed E-state index contributed by atoms with van der Waals surface area (Å²) in [6.07, 6.45) is -4.87. The maximum Gasteiger partial charge on any atom is 0.303 e.